The van der Waals surface area contributed by atoms with E-state index in [-0.39, 0.29) is 23.9 Å². The molecule has 6 heteroatoms. The van der Waals surface area contributed by atoms with Gasteiger partial charge in [-0.3, -0.25) is 4.79 Å². The molecule has 6 nitrogen and oxygen atoms in total. The van der Waals surface area contributed by atoms with Gasteiger partial charge in [-0.05, 0) is 26.8 Å². The van der Waals surface area contributed by atoms with Gasteiger partial charge in [0.1, 0.15) is 5.56 Å². The minimum Gasteiger partial charge on any atom is -0.459 e. The second-order valence-corrected chi connectivity index (χ2v) is 5.33. The number of fused-ring (bicyclic) bond motifs is 2. The molecule has 0 bridgehead atoms. The van der Waals surface area contributed by atoms with E-state index in [0.29, 0.717) is 28.9 Å². The lowest BCUT2D eigenvalue weighted by atomic mass is 10.1. The van der Waals surface area contributed by atoms with Gasteiger partial charge in [-0.2, -0.15) is 0 Å². The Morgan fingerprint density at radius 3 is 2.64 bits per heavy atom. The first-order valence-electron chi connectivity index (χ1n) is 7.19. The van der Waals surface area contributed by atoms with Crippen molar-refractivity contribution in [3.05, 3.63) is 34.1 Å². The van der Waals surface area contributed by atoms with E-state index < -0.39 is 5.97 Å². The number of rotatable bonds is 3. The molecule has 0 atom stereocenters. The SMILES string of the molecule is CCn1cc(C(=O)OC(C)C)c(=O)c2cc3c(cc21)OCO3. The van der Waals surface area contributed by atoms with Gasteiger partial charge in [0.25, 0.3) is 0 Å². The largest absolute Gasteiger partial charge is 0.459 e. The van der Waals surface area contributed by atoms with E-state index >= 15 is 0 Å². The Bertz CT molecular complexity index is 806. The lowest BCUT2D eigenvalue weighted by molar-refractivity contribution is 0.0375. The second-order valence-electron chi connectivity index (χ2n) is 5.33. The quantitative estimate of drug-likeness (QED) is 0.814. The van der Waals surface area contributed by atoms with Crippen LogP contribution in [0.25, 0.3) is 10.9 Å². The number of benzene rings is 1. The highest BCUT2D eigenvalue weighted by atomic mass is 16.7. The number of ether oxygens (including phenoxy) is 3. The van der Waals surface area contributed by atoms with E-state index in [2.05, 4.69) is 0 Å². The molecule has 1 aliphatic heterocycles. The number of esters is 1. The van der Waals surface area contributed by atoms with Crippen LogP contribution in [-0.4, -0.2) is 23.4 Å². The van der Waals surface area contributed by atoms with Crippen LogP contribution >= 0.6 is 0 Å². The number of aromatic nitrogens is 1. The lowest BCUT2D eigenvalue weighted by Crippen LogP contribution is -2.22. The van der Waals surface area contributed by atoms with E-state index in [1.54, 1.807) is 26.0 Å². The molecule has 0 amide bonds. The molecule has 0 spiro atoms. The molecule has 2 aromatic rings. The summed E-state index contributed by atoms with van der Waals surface area (Å²) >= 11 is 0. The van der Waals surface area contributed by atoms with Crippen molar-refractivity contribution in [1.29, 1.82) is 0 Å². The Morgan fingerprint density at radius 2 is 2.00 bits per heavy atom. The highest BCUT2D eigenvalue weighted by Crippen LogP contribution is 2.35. The van der Waals surface area contributed by atoms with Gasteiger partial charge >= 0.3 is 5.97 Å². The Hall–Kier alpha value is -2.50. The van der Waals surface area contributed by atoms with Crippen LogP contribution in [0.15, 0.2) is 23.1 Å². The average molecular weight is 303 g/mol. The van der Waals surface area contributed by atoms with Gasteiger partial charge in [0.2, 0.25) is 12.2 Å². The number of aryl methyl sites for hydroxylation is 1. The molecule has 1 aliphatic rings. The number of carbonyl (C=O) groups is 1. The first-order valence-corrected chi connectivity index (χ1v) is 7.19. The van der Waals surface area contributed by atoms with Crippen LogP contribution in [-0.2, 0) is 11.3 Å². The molecule has 0 saturated heterocycles. The fourth-order valence-electron chi connectivity index (χ4n) is 2.46. The highest BCUT2D eigenvalue weighted by molar-refractivity contribution is 5.94. The van der Waals surface area contributed by atoms with Gasteiger partial charge in [0.15, 0.2) is 11.5 Å². The van der Waals surface area contributed by atoms with Crippen molar-refractivity contribution < 1.29 is 19.0 Å². The summed E-state index contributed by atoms with van der Waals surface area (Å²) < 4.78 is 17.6. The van der Waals surface area contributed by atoms with Crippen molar-refractivity contribution in [1.82, 2.24) is 4.57 Å². The third kappa shape index (κ3) is 2.30. The molecule has 116 valence electrons. The number of carbonyl (C=O) groups excluding carboxylic acids is 1. The van der Waals surface area contributed by atoms with E-state index in [9.17, 15) is 9.59 Å². The molecule has 3 rings (SSSR count). The topological polar surface area (TPSA) is 66.8 Å². The zero-order valence-corrected chi connectivity index (χ0v) is 12.7. The van der Waals surface area contributed by atoms with Gasteiger partial charge in [-0.1, -0.05) is 0 Å². The zero-order chi connectivity index (χ0) is 15.9. The number of hydrogen-bond donors (Lipinski definition) is 0. The number of pyridine rings is 1. The van der Waals surface area contributed by atoms with Crippen molar-refractivity contribution in [3.8, 4) is 11.5 Å². The van der Waals surface area contributed by atoms with Gasteiger partial charge in [0.05, 0.1) is 17.0 Å². The van der Waals surface area contributed by atoms with Gasteiger partial charge in [0, 0.05) is 18.8 Å². The zero-order valence-electron chi connectivity index (χ0n) is 12.7. The minimum absolute atomic E-state index is 0.0296. The van der Waals surface area contributed by atoms with Crippen LogP contribution in [0.1, 0.15) is 31.1 Å². The fraction of sp³-hybridized carbons (Fsp3) is 0.375. The molecule has 1 aromatic carbocycles. The molecule has 0 N–H and O–H groups in total. The molecule has 1 aromatic heterocycles. The summed E-state index contributed by atoms with van der Waals surface area (Å²) in [5.74, 6) is 0.509. The average Bonchev–Trinajstić information content (AvgIpc) is 2.92. The van der Waals surface area contributed by atoms with Crippen LogP contribution < -0.4 is 14.9 Å². The summed E-state index contributed by atoms with van der Waals surface area (Å²) in [6.07, 6.45) is 1.26. The third-order valence-electron chi connectivity index (χ3n) is 3.48. The Labute approximate surface area is 127 Å². The molecular formula is C16H17NO5. The lowest BCUT2D eigenvalue weighted by Gasteiger charge is -2.13. The van der Waals surface area contributed by atoms with Crippen LogP contribution in [0.2, 0.25) is 0 Å². The standard InChI is InChI=1S/C16H17NO5/c1-4-17-7-11(16(19)22-9(2)3)15(18)10-5-13-14(6-12(10)17)21-8-20-13/h5-7,9H,4,8H2,1-3H3. The third-order valence-corrected chi connectivity index (χ3v) is 3.48. The molecule has 0 aliphatic carbocycles. The van der Waals surface area contributed by atoms with Gasteiger partial charge in [-0.25, -0.2) is 4.79 Å². The van der Waals surface area contributed by atoms with E-state index in [0.717, 1.165) is 0 Å². The number of nitrogens with zero attached hydrogens (tertiary/aromatic N) is 1. The Kier molecular flexibility index (Phi) is 3.52. The monoisotopic (exact) mass is 303 g/mol. The summed E-state index contributed by atoms with van der Waals surface area (Å²) in [5.41, 5.74) is 0.378. The van der Waals surface area contributed by atoms with Crippen molar-refractivity contribution in [2.24, 2.45) is 0 Å². The predicted molar refractivity (Wildman–Crippen MR) is 80.6 cm³/mol. The van der Waals surface area contributed by atoms with Crippen molar-refractivity contribution in [2.45, 2.75) is 33.4 Å². The van der Waals surface area contributed by atoms with E-state index in [4.69, 9.17) is 14.2 Å². The maximum atomic E-state index is 12.6. The molecule has 22 heavy (non-hydrogen) atoms. The minimum atomic E-state index is -0.609. The van der Waals surface area contributed by atoms with E-state index in [1.807, 2.05) is 11.5 Å². The Balaban J connectivity index is 2.24. The first-order chi connectivity index (χ1) is 10.5. The van der Waals surface area contributed by atoms with E-state index in [1.165, 1.54) is 6.20 Å². The highest BCUT2D eigenvalue weighted by Gasteiger charge is 2.21. The van der Waals surface area contributed by atoms with Crippen LogP contribution in [0.4, 0.5) is 0 Å². The van der Waals surface area contributed by atoms with Crippen LogP contribution in [0, 0.1) is 0 Å². The Morgan fingerprint density at radius 1 is 1.32 bits per heavy atom. The summed E-state index contributed by atoms with van der Waals surface area (Å²) in [6, 6.07) is 3.39. The van der Waals surface area contributed by atoms with Crippen molar-refractivity contribution in [3.63, 3.8) is 0 Å². The summed E-state index contributed by atoms with van der Waals surface area (Å²) in [7, 11) is 0. The van der Waals surface area contributed by atoms with Gasteiger partial charge in [-0.15, -0.1) is 0 Å². The normalized spacial score (nSPS) is 12.9. The summed E-state index contributed by atoms with van der Waals surface area (Å²) in [5, 5.41) is 0.421. The van der Waals surface area contributed by atoms with Crippen LogP contribution in [0.5, 0.6) is 11.5 Å². The van der Waals surface area contributed by atoms with Crippen molar-refractivity contribution >= 4 is 16.9 Å². The maximum absolute atomic E-state index is 12.6. The summed E-state index contributed by atoms with van der Waals surface area (Å²) in [4.78, 5) is 24.7. The first kappa shape index (κ1) is 14.4. The summed E-state index contributed by atoms with van der Waals surface area (Å²) in [6.45, 7) is 6.17. The second kappa shape index (κ2) is 5.36. The number of hydrogen-bond acceptors (Lipinski definition) is 5. The molecular weight excluding hydrogens is 286 g/mol. The fourth-order valence-corrected chi connectivity index (χ4v) is 2.46. The predicted octanol–water partition coefficient (Wildman–Crippen LogP) is 2.32. The van der Waals surface area contributed by atoms with Gasteiger partial charge < -0.3 is 18.8 Å². The molecule has 2 heterocycles. The maximum Gasteiger partial charge on any atom is 0.343 e. The smallest absolute Gasteiger partial charge is 0.343 e. The molecule has 0 fully saturated rings. The van der Waals surface area contributed by atoms with Crippen molar-refractivity contribution in [2.75, 3.05) is 6.79 Å². The van der Waals surface area contributed by atoms with Crippen LogP contribution in [0.3, 0.4) is 0 Å². The molecule has 0 radical (unpaired) electrons. The molecule has 0 unspecified atom stereocenters. The molecule has 0 saturated carbocycles.